The van der Waals surface area contributed by atoms with Crippen LogP contribution in [0.2, 0.25) is 10.0 Å². The van der Waals surface area contributed by atoms with Gasteiger partial charge >= 0.3 is 12.1 Å². The zero-order valence-electron chi connectivity index (χ0n) is 29.8. The SMILES string of the molecule is COc1ccc([C@H](Cc2c(Cl)cncc2Cl)OC(=O)c2ccc(CN(C(=O)O[C@H]3CN4CCC3CC4)c3ccccc3OCC3CC3)cc2)cc1OC. The summed E-state index contributed by atoms with van der Waals surface area (Å²) < 4.78 is 29.5. The molecule has 0 N–H and O–H groups in total. The topological polar surface area (TPSA) is 99.7 Å². The summed E-state index contributed by atoms with van der Waals surface area (Å²) >= 11 is 13.0. The summed E-state index contributed by atoms with van der Waals surface area (Å²) in [7, 11) is 3.09. The Kier molecular flexibility index (Phi) is 11.6. The maximum absolute atomic E-state index is 14.0. The van der Waals surface area contributed by atoms with Crippen molar-refractivity contribution < 1.29 is 33.3 Å². The van der Waals surface area contributed by atoms with Crippen molar-refractivity contribution in [3.63, 3.8) is 0 Å². The van der Waals surface area contributed by atoms with E-state index in [0.717, 1.165) is 50.9 Å². The average molecular weight is 761 g/mol. The van der Waals surface area contributed by atoms with Crippen LogP contribution in [-0.2, 0) is 22.4 Å². The van der Waals surface area contributed by atoms with Crippen molar-refractivity contribution in [2.24, 2.45) is 11.8 Å². The lowest BCUT2D eigenvalue weighted by Crippen LogP contribution is -2.53. The van der Waals surface area contributed by atoms with E-state index in [1.165, 1.54) is 12.4 Å². The summed E-state index contributed by atoms with van der Waals surface area (Å²) in [6, 6.07) is 19.9. The van der Waals surface area contributed by atoms with Gasteiger partial charge in [0, 0.05) is 25.4 Å². The number of halogens is 2. The van der Waals surface area contributed by atoms with Gasteiger partial charge in [-0.05, 0) is 104 Å². The molecule has 4 aliphatic rings. The van der Waals surface area contributed by atoms with Crippen LogP contribution in [0.4, 0.5) is 10.5 Å². The van der Waals surface area contributed by atoms with Crippen molar-refractivity contribution in [1.82, 2.24) is 9.88 Å². The highest BCUT2D eigenvalue weighted by molar-refractivity contribution is 6.35. The number of amides is 1. The van der Waals surface area contributed by atoms with Gasteiger partial charge in [-0.1, -0.05) is 53.5 Å². The van der Waals surface area contributed by atoms with E-state index in [4.69, 9.17) is 46.9 Å². The summed E-state index contributed by atoms with van der Waals surface area (Å²) in [5.74, 6) is 2.03. The molecule has 3 saturated heterocycles. The Bertz CT molecular complexity index is 1890. The lowest BCUT2D eigenvalue weighted by molar-refractivity contribution is -0.0311. The number of rotatable bonds is 14. The Morgan fingerprint density at radius 3 is 2.26 bits per heavy atom. The summed E-state index contributed by atoms with van der Waals surface area (Å²) in [4.78, 5) is 35.8. The van der Waals surface area contributed by atoms with Gasteiger partial charge in [0.2, 0.25) is 0 Å². The Morgan fingerprint density at radius 1 is 0.887 bits per heavy atom. The van der Waals surface area contributed by atoms with Gasteiger partial charge in [-0.2, -0.15) is 0 Å². The molecule has 0 spiro atoms. The first kappa shape index (κ1) is 36.8. The number of carbonyl (C=O) groups is 2. The fourth-order valence-electron chi connectivity index (χ4n) is 7.01. The van der Waals surface area contributed by atoms with Gasteiger partial charge in [0.25, 0.3) is 0 Å². The summed E-state index contributed by atoms with van der Waals surface area (Å²) in [5, 5.41) is 0.721. The van der Waals surface area contributed by atoms with Gasteiger partial charge in [-0.15, -0.1) is 0 Å². The summed E-state index contributed by atoms with van der Waals surface area (Å²) in [6.07, 6.45) is 6.23. The first-order valence-corrected chi connectivity index (χ1v) is 18.8. The number of carbonyl (C=O) groups excluding carboxylic acids is 2. The predicted octanol–water partition coefficient (Wildman–Crippen LogP) is 8.57. The lowest BCUT2D eigenvalue weighted by atomic mass is 9.86. The molecule has 1 aliphatic carbocycles. The molecular formula is C41H43Cl2N3O7. The molecular weight excluding hydrogens is 717 g/mol. The molecule has 278 valence electrons. The highest BCUT2D eigenvalue weighted by atomic mass is 35.5. The molecule has 4 fully saturated rings. The Labute approximate surface area is 319 Å². The number of para-hydroxylation sites is 2. The van der Waals surface area contributed by atoms with Crippen LogP contribution in [0.15, 0.2) is 79.1 Å². The molecule has 2 bridgehead atoms. The first-order chi connectivity index (χ1) is 25.8. The van der Waals surface area contributed by atoms with Crippen LogP contribution in [0, 0.1) is 11.8 Å². The third-order valence-electron chi connectivity index (χ3n) is 10.3. The van der Waals surface area contributed by atoms with Gasteiger partial charge in [-0.3, -0.25) is 14.8 Å². The molecule has 2 atom stereocenters. The number of pyridine rings is 1. The highest BCUT2D eigenvalue weighted by Crippen LogP contribution is 2.37. The van der Waals surface area contributed by atoms with Gasteiger partial charge < -0.3 is 23.7 Å². The molecule has 8 rings (SSSR count). The number of anilines is 1. The number of benzene rings is 3. The number of hydrogen-bond acceptors (Lipinski definition) is 9. The third kappa shape index (κ3) is 8.83. The molecule has 0 unspecified atom stereocenters. The maximum atomic E-state index is 14.0. The predicted molar refractivity (Wildman–Crippen MR) is 202 cm³/mol. The molecule has 4 heterocycles. The van der Waals surface area contributed by atoms with E-state index in [1.807, 2.05) is 36.4 Å². The zero-order valence-corrected chi connectivity index (χ0v) is 31.4. The van der Waals surface area contributed by atoms with E-state index < -0.39 is 18.2 Å². The standard InChI is InChI=1S/C41H43Cl2N3O7/c1-49-36-14-13-30(19-38(36)50-2)37(20-31-32(42)21-44-22-33(31)43)52-40(47)29-11-9-26(10-12-29)23-46(34-5-3-4-6-35(34)51-25-27-7-8-27)41(48)53-39-24-45-17-15-28(39)16-18-45/h3-6,9-14,19,21-22,27-28,37,39H,7-8,15-18,20,23-25H2,1-2H3/t37-,39-/m0/s1. The molecule has 53 heavy (non-hydrogen) atoms. The maximum Gasteiger partial charge on any atom is 0.415 e. The van der Waals surface area contributed by atoms with E-state index in [1.54, 1.807) is 49.5 Å². The minimum absolute atomic E-state index is 0.153. The number of aromatic nitrogens is 1. The van der Waals surface area contributed by atoms with Crippen LogP contribution in [0.5, 0.6) is 17.2 Å². The lowest BCUT2D eigenvalue weighted by Gasteiger charge is -2.44. The number of hydrogen-bond donors (Lipinski definition) is 0. The largest absolute Gasteiger partial charge is 0.493 e. The number of nitrogens with zero attached hydrogens (tertiary/aromatic N) is 3. The third-order valence-corrected chi connectivity index (χ3v) is 10.9. The van der Waals surface area contributed by atoms with Crippen molar-refractivity contribution >= 4 is 41.0 Å². The van der Waals surface area contributed by atoms with Crippen molar-refractivity contribution in [2.45, 2.75) is 50.9 Å². The van der Waals surface area contributed by atoms with Crippen LogP contribution >= 0.6 is 23.2 Å². The van der Waals surface area contributed by atoms with E-state index in [-0.39, 0.29) is 19.1 Å². The van der Waals surface area contributed by atoms with Gasteiger partial charge in [0.05, 0.1) is 48.7 Å². The monoisotopic (exact) mass is 759 g/mol. The second-order valence-electron chi connectivity index (χ2n) is 13.9. The molecule has 1 amide bonds. The van der Waals surface area contributed by atoms with Crippen LogP contribution < -0.4 is 19.1 Å². The molecule has 1 saturated carbocycles. The number of methoxy groups -OCH3 is 2. The minimum atomic E-state index is -0.775. The highest BCUT2D eigenvalue weighted by Gasteiger charge is 2.38. The summed E-state index contributed by atoms with van der Waals surface area (Å²) in [5.41, 5.74) is 3.04. The second-order valence-corrected chi connectivity index (χ2v) is 14.7. The average Bonchev–Trinajstić information content (AvgIpc) is 4.02. The molecule has 3 aliphatic heterocycles. The second kappa shape index (κ2) is 16.7. The van der Waals surface area contributed by atoms with Gasteiger partial charge in [0.15, 0.2) is 11.5 Å². The van der Waals surface area contributed by atoms with E-state index >= 15 is 0 Å². The zero-order chi connectivity index (χ0) is 36.9. The molecule has 10 nitrogen and oxygen atoms in total. The van der Waals surface area contributed by atoms with Crippen LogP contribution in [0.1, 0.15) is 58.8 Å². The van der Waals surface area contributed by atoms with Crippen LogP contribution in [0.3, 0.4) is 0 Å². The summed E-state index contributed by atoms with van der Waals surface area (Å²) in [6.45, 7) is 3.68. The van der Waals surface area contributed by atoms with Crippen LogP contribution in [0.25, 0.3) is 0 Å². The fourth-order valence-corrected chi connectivity index (χ4v) is 7.52. The van der Waals surface area contributed by atoms with Crippen LogP contribution in [-0.4, -0.2) is 68.5 Å². The fraction of sp³-hybridized carbons (Fsp3) is 0.390. The number of piperidine rings is 3. The van der Waals surface area contributed by atoms with E-state index in [2.05, 4.69) is 9.88 Å². The smallest absolute Gasteiger partial charge is 0.415 e. The van der Waals surface area contributed by atoms with Crippen molar-refractivity contribution in [2.75, 3.05) is 45.4 Å². The van der Waals surface area contributed by atoms with Crippen molar-refractivity contribution in [3.8, 4) is 17.2 Å². The number of ether oxygens (including phenoxy) is 5. The Morgan fingerprint density at radius 2 is 1.60 bits per heavy atom. The molecule has 1 aromatic heterocycles. The minimum Gasteiger partial charge on any atom is -0.493 e. The molecule has 3 aromatic carbocycles. The first-order valence-electron chi connectivity index (χ1n) is 18.0. The number of esters is 1. The van der Waals surface area contributed by atoms with Crippen molar-refractivity contribution in [1.29, 1.82) is 0 Å². The molecule has 4 aromatic rings. The van der Waals surface area contributed by atoms with Gasteiger partial charge in [0.1, 0.15) is 18.0 Å². The van der Waals surface area contributed by atoms with Crippen molar-refractivity contribution in [3.05, 3.63) is 111 Å². The van der Waals surface area contributed by atoms with E-state index in [9.17, 15) is 9.59 Å². The number of fused-ring (bicyclic) bond motifs is 3. The Hall–Kier alpha value is -4.51. The van der Waals surface area contributed by atoms with E-state index in [0.29, 0.717) is 68.1 Å². The molecule has 12 heteroatoms. The molecule has 0 radical (unpaired) electrons. The quantitative estimate of drug-likeness (QED) is 0.117. The Balaban J connectivity index is 1.11. The van der Waals surface area contributed by atoms with Gasteiger partial charge in [-0.25, -0.2) is 9.59 Å². The normalized spacial score (nSPS) is 19.6.